The molecule has 0 amide bonds. The van der Waals surface area contributed by atoms with Crippen LogP contribution in [-0.4, -0.2) is 77.2 Å². The summed E-state index contributed by atoms with van der Waals surface area (Å²) in [6.07, 6.45) is -3.10. The van der Waals surface area contributed by atoms with Crippen LogP contribution < -0.4 is 18.9 Å². The molecule has 16 heteroatoms. The van der Waals surface area contributed by atoms with Crippen molar-refractivity contribution in [1.29, 1.82) is 0 Å². The van der Waals surface area contributed by atoms with E-state index in [1.807, 2.05) is 0 Å². The van der Waals surface area contributed by atoms with E-state index in [-0.39, 0.29) is 51.9 Å². The second-order valence-corrected chi connectivity index (χ2v) is 17.8. The van der Waals surface area contributed by atoms with E-state index < -0.39 is 43.4 Å². The fourth-order valence-electron chi connectivity index (χ4n) is 5.97. The molecular weight excluding hydrogens is 825 g/mol. The monoisotopic (exact) mass is 878 g/mol. The summed E-state index contributed by atoms with van der Waals surface area (Å²) in [6, 6.07) is 27.4. The molecule has 328 valence electrons. The molecule has 0 aliphatic carbocycles. The van der Waals surface area contributed by atoms with Crippen molar-refractivity contribution in [3.05, 3.63) is 145 Å². The van der Waals surface area contributed by atoms with Crippen LogP contribution in [0, 0.1) is 0 Å². The second-order valence-electron chi connectivity index (χ2n) is 13.5. The van der Waals surface area contributed by atoms with Gasteiger partial charge in [0.15, 0.2) is 0 Å². The first-order valence-corrected chi connectivity index (χ1v) is 21.9. The van der Waals surface area contributed by atoms with Crippen LogP contribution in [-0.2, 0) is 46.2 Å². The lowest BCUT2D eigenvalue weighted by molar-refractivity contribution is 0.134. The van der Waals surface area contributed by atoms with E-state index in [4.69, 9.17) is 18.9 Å². The first kappa shape index (κ1) is 49.5. The summed E-state index contributed by atoms with van der Waals surface area (Å²) in [7, 11) is -2.46. The van der Waals surface area contributed by atoms with Crippen LogP contribution in [0.4, 0.5) is 17.6 Å². The molecule has 0 saturated carbocycles. The largest absolute Gasteiger partial charge is 0.497 e. The minimum absolute atomic E-state index is 0.0321. The number of allylic oxidation sites excluding steroid dienone is 2. The highest BCUT2D eigenvalue weighted by atomic mass is 32.2. The first-order chi connectivity index (χ1) is 28.6. The number of halogens is 4. The molecule has 4 aromatic rings. The van der Waals surface area contributed by atoms with Gasteiger partial charge >= 0.3 is 0 Å². The van der Waals surface area contributed by atoms with Crippen molar-refractivity contribution in [3.63, 3.8) is 0 Å². The SMILES string of the molecule is C=CCC[C@@H](C(F)F)S(=O)(=O)N(Cc1ccc(OC)cc1)Cc1ccc(OC)cc1.C=CCC[C@H](C(F)F)S(=O)(=O)N(Cc1ccc(OC)cc1)Cc1ccc(OC)cc1. The Morgan fingerprint density at radius 1 is 0.467 bits per heavy atom. The van der Waals surface area contributed by atoms with Gasteiger partial charge < -0.3 is 18.9 Å². The highest BCUT2D eigenvalue weighted by molar-refractivity contribution is 7.90. The van der Waals surface area contributed by atoms with Crippen molar-refractivity contribution in [1.82, 2.24) is 8.61 Å². The molecule has 4 aromatic carbocycles. The van der Waals surface area contributed by atoms with Crippen LogP contribution in [0.1, 0.15) is 47.9 Å². The molecule has 0 radical (unpaired) electrons. The lowest BCUT2D eigenvalue weighted by atomic mass is 10.2. The number of sulfonamides is 2. The predicted molar refractivity (Wildman–Crippen MR) is 227 cm³/mol. The normalized spacial score (nSPS) is 12.7. The van der Waals surface area contributed by atoms with Gasteiger partial charge in [-0.3, -0.25) is 0 Å². The van der Waals surface area contributed by atoms with Crippen LogP contribution in [0.15, 0.2) is 122 Å². The van der Waals surface area contributed by atoms with Gasteiger partial charge in [-0.25, -0.2) is 34.4 Å². The molecule has 0 N–H and O–H groups in total. The molecular formula is C44H54F4N2O8S2. The fourth-order valence-corrected chi connectivity index (χ4v) is 9.44. The summed E-state index contributed by atoms with van der Waals surface area (Å²) in [4.78, 5) is 0. The number of ether oxygens (including phenoxy) is 4. The molecule has 0 fully saturated rings. The van der Waals surface area contributed by atoms with Crippen molar-refractivity contribution in [2.75, 3.05) is 28.4 Å². The second kappa shape index (κ2) is 24.4. The summed E-state index contributed by atoms with van der Waals surface area (Å²) >= 11 is 0. The molecule has 60 heavy (non-hydrogen) atoms. The Balaban J connectivity index is 0.000000320. The first-order valence-electron chi connectivity index (χ1n) is 18.9. The summed E-state index contributed by atoms with van der Waals surface area (Å²) in [5, 5.41) is -3.60. The van der Waals surface area contributed by atoms with Crippen LogP contribution in [0.5, 0.6) is 23.0 Å². The summed E-state index contributed by atoms with van der Waals surface area (Å²) in [5.41, 5.74) is 2.68. The zero-order valence-corrected chi connectivity index (χ0v) is 35.9. The van der Waals surface area contributed by atoms with Crippen LogP contribution in [0.3, 0.4) is 0 Å². The maximum atomic E-state index is 13.7. The molecule has 0 spiro atoms. The smallest absolute Gasteiger partial charge is 0.256 e. The molecule has 0 aliphatic heterocycles. The summed E-state index contributed by atoms with van der Waals surface area (Å²) < 4.78 is 130. The van der Waals surface area contributed by atoms with Crippen molar-refractivity contribution >= 4 is 20.0 Å². The highest BCUT2D eigenvalue weighted by Crippen LogP contribution is 2.28. The Labute approximate surface area is 352 Å². The van der Waals surface area contributed by atoms with E-state index in [0.29, 0.717) is 45.3 Å². The van der Waals surface area contributed by atoms with Gasteiger partial charge in [0, 0.05) is 26.2 Å². The van der Waals surface area contributed by atoms with Crippen LogP contribution in [0.25, 0.3) is 0 Å². The Bertz CT molecular complexity index is 1850. The zero-order chi connectivity index (χ0) is 44.3. The van der Waals surface area contributed by atoms with E-state index in [2.05, 4.69) is 13.2 Å². The molecule has 0 unspecified atom stereocenters. The van der Waals surface area contributed by atoms with Crippen LogP contribution in [0.2, 0.25) is 0 Å². The number of hydrogen-bond acceptors (Lipinski definition) is 8. The Morgan fingerprint density at radius 2 is 0.683 bits per heavy atom. The average Bonchev–Trinajstić information content (AvgIpc) is 3.24. The molecule has 0 saturated heterocycles. The number of rotatable bonds is 24. The minimum Gasteiger partial charge on any atom is -0.497 e. The quantitative estimate of drug-likeness (QED) is 0.0506. The van der Waals surface area contributed by atoms with Crippen molar-refractivity contribution < 1.29 is 53.3 Å². The average molecular weight is 879 g/mol. The summed E-state index contributed by atoms with van der Waals surface area (Å²) in [6.45, 7) is 6.89. The zero-order valence-electron chi connectivity index (χ0n) is 34.3. The van der Waals surface area contributed by atoms with E-state index in [9.17, 15) is 34.4 Å². The third kappa shape index (κ3) is 14.7. The lowest BCUT2D eigenvalue weighted by Gasteiger charge is -2.27. The van der Waals surface area contributed by atoms with Gasteiger partial charge in [0.25, 0.3) is 12.9 Å². The van der Waals surface area contributed by atoms with Gasteiger partial charge in [-0.15, -0.1) is 13.2 Å². The Hall–Kier alpha value is -4.90. The minimum atomic E-state index is -4.29. The van der Waals surface area contributed by atoms with Gasteiger partial charge in [0.2, 0.25) is 20.0 Å². The van der Waals surface area contributed by atoms with E-state index >= 15 is 0 Å². The fraction of sp³-hybridized carbons (Fsp3) is 0.364. The topological polar surface area (TPSA) is 112 Å². The predicted octanol–water partition coefficient (Wildman–Crippen LogP) is 9.27. The molecule has 4 rings (SSSR count). The number of benzene rings is 4. The van der Waals surface area contributed by atoms with E-state index in [0.717, 1.165) is 8.61 Å². The Kier molecular flexibility index (Phi) is 20.1. The van der Waals surface area contributed by atoms with Gasteiger partial charge in [0.1, 0.15) is 33.5 Å². The highest BCUT2D eigenvalue weighted by Gasteiger charge is 2.39. The van der Waals surface area contributed by atoms with E-state index in [1.54, 1.807) is 97.1 Å². The number of methoxy groups -OCH3 is 4. The third-order valence-electron chi connectivity index (χ3n) is 9.43. The standard InChI is InChI=1S/2C22H27F2NO4S/c2*1-4-5-6-21(22(23)24)30(26,27)25(15-17-7-11-19(28-2)12-8-17)16-18-9-13-20(29-3)14-10-18/h2*4,7-14,21-22H,1,5-6,15-16H2,2-3H3/t2*21-/m10/s1. The van der Waals surface area contributed by atoms with Crippen molar-refractivity contribution in [3.8, 4) is 23.0 Å². The number of nitrogens with zero attached hydrogens (tertiary/aromatic N) is 2. The van der Waals surface area contributed by atoms with Gasteiger partial charge in [-0.2, -0.15) is 8.61 Å². The van der Waals surface area contributed by atoms with Gasteiger partial charge in [-0.05, 0) is 96.5 Å². The molecule has 0 heterocycles. The summed E-state index contributed by atoms with van der Waals surface area (Å²) in [5.74, 6) is 2.50. The van der Waals surface area contributed by atoms with Gasteiger partial charge in [-0.1, -0.05) is 60.7 Å². The van der Waals surface area contributed by atoms with Crippen molar-refractivity contribution in [2.45, 2.75) is 75.2 Å². The molecule has 10 nitrogen and oxygen atoms in total. The van der Waals surface area contributed by atoms with Crippen molar-refractivity contribution in [2.24, 2.45) is 0 Å². The van der Waals surface area contributed by atoms with Gasteiger partial charge in [0.05, 0.1) is 28.4 Å². The molecule has 0 aromatic heterocycles. The lowest BCUT2D eigenvalue weighted by Crippen LogP contribution is -2.41. The number of hydrogen-bond donors (Lipinski definition) is 0. The molecule has 0 aliphatic rings. The third-order valence-corrected chi connectivity index (χ3v) is 13.8. The van der Waals surface area contributed by atoms with E-state index in [1.165, 1.54) is 40.6 Å². The Morgan fingerprint density at radius 3 is 0.850 bits per heavy atom. The molecule has 2 atom stereocenters. The number of alkyl halides is 4. The van der Waals surface area contributed by atoms with Crippen LogP contribution >= 0.6 is 0 Å². The maximum Gasteiger partial charge on any atom is 0.256 e. The maximum absolute atomic E-state index is 13.7. The molecule has 0 bridgehead atoms.